The Bertz CT molecular complexity index is 215. The zero-order chi connectivity index (χ0) is 7.72. The molecule has 0 atom stereocenters. The van der Waals surface area contributed by atoms with E-state index in [1.54, 1.807) is 2.95 Å². The molecular formula is C4H3Br3N2S. The number of anilines is 1. The Hall–Kier alpha value is 0.870. The number of halogens is 3. The van der Waals surface area contributed by atoms with Crippen molar-refractivity contribution in [1.29, 1.82) is 0 Å². The van der Waals surface area contributed by atoms with Gasteiger partial charge in [0.25, 0.3) is 0 Å². The molecule has 2 nitrogen and oxygen atoms in total. The molecule has 0 aliphatic heterocycles. The van der Waals surface area contributed by atoms with Gasteiger partial charge in [-0.15, -0.1) is 0 Å². The first-order valence-electron chi connectivity index (χ1n) is 2.36. The molecule has 56 valence electrons. The number of hydrogen-bond donors (Lipinski definition) is 0. The number of rotatable bonds is 1. The Morgan fingerprint density at radius 2 is 2.10 bits per heavy atom. The summed E-state index contributed by atoms with van der Waals surface area (Å²) in [7, 11) is 0. The van der Waals surface area contributed by atoms with Crippen molar-refractivity contribution in [2.45, 2.75) is 6.92 Å². The van der Waals surface area contributed by atoms with E-state index in [2.05, 4.69) is 52.6 Å². The van der Waals surface area contributed by atoms with Crippen LogP contribution in [0.4, 0.5) is 5.69 Å². The Kier molecular flexibility index (Phi) is 3.15. The summed E-state index contributed by atoms with van der Waals surface area (Å²) < 4.78 is 6.83. The summed E-state index contributed by atoms with van der Waals surface area (Å²) in [6, 6.07) is 0. The van der Waals surface area contributed by atoms with Gasteiger partial charge in [-0.25, -0.2) is 2.95 Å². The third-order valence-electron chi connectivity index (χ3n) is 0.961. The van der Waals surface area contributed by atoms with Crippen molar-refractivity contribution in [3.8, 4) is 0 Å². The fraction of sp³-hybridized carbons (Fsp3) is 0.250. The SMILES string of the molecule is Cc1nsc(Br)c1N(Br)Br. The highest BCUT2D eigenvalue weighted by molar-refractivity contribution is 9.25. The van der Waals surface area contributed by atoms with Crippen LogP contribution in [0, 0.1) is 6.92 Å². The molecule has 0 radical (unpaired) electrons. The van der Waals surface area contributed by atoms with Crippen molar-refractivity contribution >= 4 is 65.4 Å². The summed E-state index contributed by atoms with van der Waals surface area (Å²) in [6.45, 7) is 1.95. The van der Waals surface area contributed by atoms with Crippen LogP contribution in [0.5, 0.6) is 0 Å². The molecule has 0 saturated carbocycles. The first kappa shape index (κ1) is 8.96. The van der Waals surface area contributed by atoms with Crippen molar-refractivity contribution in [2.24, 2.45) is 0 Å². The quantitative estimate of drug-likeness (QED) is 0.719. The van der Waals surface area contributed by atoms with Crippen LogP contribution in [0.25, 0.3) is 0 Å². The van der Waals surface area contributed by atoms with Crippen LogP contribution in [0.2, 0.25) is 0 Å². The third kappa shape index (κ3) is 1.72. The predicted molar refractivity (Wildman–Crippen MR) is 54.9 cm³/mol. The van der Waals surface area contributed by atoms with Gasteiger partial charge in [-0.1, -0.05) is 0 Å². The van der Waals surface area contributed by atoms with Crippen LogP contribution >= 0.6 is 59.8 Å². The molecule has 0 N–H and O–H groups in total. The van der Waals surface area contributed by atoms with Gasteiger partial charge in [-0.05, 0) is 34.4 Å². The summed E-state index contributed by atoms with van der Waals surface area (Å²) >= 11 is 11.3. The molecule has 0 amide bonds. The van der Waals surface area contributed by atoms with Crippen molar-refractivity contribution in [3.63, 3.8) is 0 Å². The van der Waals surface area contributed by atoms with Gasteiger partial charge in [0.1, 0.15) is 9.47 Å². The molecule has 0 aliphatic rings. The van der Waals surface area contributed by atoms with E-state index in [-0.39, 0.29) is 0 Å². The Morgan fingerprint density at radius 3 is 2.30 bits per heavy atom. The average Bonchev–Trinajstić information content (AvgIpc) is 2.11. The van der Waals surface area contributed by atoms with Crippen molar-refractivity contribution < 1.29 is 0 Å². The summed E-state index contributed by atoms with van der Waals surface area (Å²) in [5.74, 6) is 0. The van der Waals surface area contributed by atoms with Crippen LogP contribution in [0.3, 0.4) is 0 Å². The van der Waals surface area contributed by atoms with Crippen LogP contribution < -0.4 is 2.95 Å². The van der Waals surface area contributed by atoms with E-state index < -0.39 is 0 Å². The molecule has 0 spiro atoms. The molecule has 0 unspecified atom stereocenters. The van der Waals surface area contributed by atoms with Crippen LogP contribution in [-0.4, -0.2) is 4.37 Å². The topological polar surface area (TPSA) is 16.1 Å². The maximum Gasteiger partial charge on any atom is 0.116 e. The van der Waals surface area contributed by atoms with E-state index in [0.717, 1.165) is 15.2 Å². The van der Waals surface area contributed by atoms with Crippen molar-refractivity contribution in [3.05, 3.63) is 9.48 Å². The molecule has 0 aliphatic carbocycles. The lowest BCUT2D eigenvalue weighted by Gasteiger charge is -2.03. The summed E-state index contributed by atoms with van der Waals surface area (Å²) in [6.07, 6.45) is 0. The largest absolute Gasteiger partial charge is 0.239 e. The molecular weight excluding hydrogens is 348 g/mol. The average molecular weight is 351 g/mol. The third-order valence-corrected chi connectivity index (χ3v) is 3.20. The second-order valence-electron chi connectivity index (χ2n) is 1.62. The number of aromatic nitrogens is 1. The zero-order valence-corrected chi connectivity index (χ0v) is 10.5. The lowest BCUT2D eigenvalue weighted by molar-refractivity contribution is 1.34. The van der Waals surface area contributed by atoms with E-state index in [9.17, 15) is 0 Å². The maximum absolute atomic E-state index is 4.13. The Morgan fingerprint density at radius 1 is 1.50 bits per heavy atom. The lowest BCUT2D eigenvalue weighted by atomic mass is 10.4. The minimum absolute atomic E-state index is 0.991. The normalized spacial score (nSPS) is 10.0. The molecule has 0 saturated heterocycles. The second kappa shape index (κ2) is 3.51. The molecule has 0 bridgehead atoms. The van der Waals surface area contributed by atoms with Crippen molar-refractivity contribution in [2.75, 3.05) is 2.95 Å². The maximum atomic E-state index is 4.13. The van der Waals surface area contributed by atoms with E-state index in [1.165, 1.54) is 11.5 Å². The van der Waals surface area contributed by atoms with Gasteiger partial charge in [-0.3, -0.25) is 0 Å². The lowest BCUT2D eigenvalue weighted by Crippen LogP contribution is -1.90. The smallest absolute Gasteiger partial charge is 0.116 e. The molecule has 1 aromatic heterocycles. The highest BCUT2D eigenvalue weighted by atomic mass is 79.9. The van der Waals surface area contributed by atoms with Gasteiger partial charge in [0.2, 0.25) is 0 Å². The van der Waals surface area contributed by atoms with E-state index >= 15 is 0 Å². The van der Waals surface area contributed by atoms with Gasteiger partial charge in [0.15, 0.2) is 0 Å². The fourth-order valence-electron chi connectivity index (χ4n) is 0.526. The number of hydrogen-bond acceptors (Lipinski definition) is 3. The molecule has 10 heavy (non-hydrogen) atoms. The molecule has 1 heterocycles. The van der Waals surface area contributed by atoms with Crippen molar-refractivity contribution in [1.82, 2.24) is 4.37 Å². The Balaban J connectivity index is 3.10. The van der Waals surface area contributed by atoms with E-state index in [0.29, 0.717) is 0 Å². The van der Waals surface area contributed by atoms with Gasteiger partial charge in [-0.2, -0.15) is 4.37 Å². The summed E-state index contributed by atoms with van der Waals surface area (Å²) in [4.78, 5) is 0. The minimum Gasteiger partial charge on any atom is -0.239 e. The monoisotopic (exact) mass is 348 g/mol. The molecule has 6 heteroatoms. The van der Waals surface area contributed by atoms with E-state index in [4.69, 9.17) is 0 Å². The van der Waals surface area contributed by atoms with Crippen LogP contribution in [0.15, 0.2) is 3.79 Å². The highest BCUT2D eigenvalue weighted by Crippen LogP contribution is 2.36. The van der Waals surface area contributed by atoms with Crippen LogP contribution in [-0.2, 0) is 0 Å². The first-order chi connectivity index (χ1) is 4.63. The fourth-order valence-corrected chi connectivity index (χ4v) is 3.41. The first-order valence-corrected chi connectivity index (χ1v) is 5.35. The predicted octanol–water partition coefficient (Wildman–Crippen LogP) is 3.64. The standard InChI is InChI=1S/C4H3Br3N2S/c1-2-3(9(6)7)4(5)10-8-2/h1H3. The number of aryl methyl sites for hydroxylation is 1. The summed E-state index contributed by atoms with van der Waals surface area (Å²) in [5, 5.41) is 0. The van der Waals surface area contributed by atoms with Gasteiger partial charge in [0, 0.05) is 0 Å². The van der Waals surface area contributed by atoms with E-state index in [1.807, 2.05) is 6.92 Å². The number of nitrogens with zero attached hydrogens (tertiary/aromatic N) is 2. The second-order valence-corrected chi connectivity index (χ2v) is 6.08. The highest BCUT2D eigenvalue weighted by Gasteiger charge is 2.11. The Labute approximate surface area is 88.6 Å². The molecule has 1 aromatic rings. The van der Waals surface area contributed by atoms with Gasteiger partial charge < -0.3 is 0 Å². The van der Waals surface area contributed by atoms with Gasteiger partial charge >= 0.3 is 0 Å². The zero-order valence-electron chi connectivity index (χ0n) is 4.94. The minimum atomic E-state index is 0.991. The molecule has 0 fully saturated rings. The summed E-state index contributed by atoms with van der Waals surface area (Å²) in [5.41, 5.74) is 2.01. The van der Waals surface area contributed by atoms with Gasteiger partial charge in [0.05, 0.1) is 38.0 Å². The van der Waals surface area contributed by atoms with Crippen LogP contribution in [0.1, 0.15) is 5.69 Å². The molecule has 0 aromatic carbocycles. The molecule has 1 rings (SSSR count).